The summed E-state index contributed by atoms with van der Waals surface area (Å²) in [6.07, 6.45) is 6.07. The van der Waals surface area contributed by atoms with Crippen LogP contribution in [0.3, 0.4) is 0 Å². The second-order valence-electron chi connectivity index (χ2n) is 5.25. The van der Waals surface area contributed by atoms with E-state index in [1.807, 2.05) is 36.6 Å². The Kier molecular flexibility index (Phi) is 3.90. The maximum Gasteiger partial charge on any atom is 0.292 e. The van der Waals surface area contributed by atoms with Crippen molar-refractivity contribution in [3.8, 4) is 11.4 Å². The van der Waals surface area contributed by atoms with E-state index in [0.29, 0.717) is 5.88 Å². The number of hydrogen-bond donors (Lipinski definition) is 0. The molecule has 0 aliphatic carbocycles. The van der Waals surface area contributed by atoms with Crippen molar-refractivity contribution in [1.29, 1.82) is 0 Å². The zero-order valence-corrected chi connectivity index (χ0v) is 15.0. The van der Waals surface area contributed by atoms with E-state index in [2.05, 4.69) is 62.5 Å². The van der Waals surface area contributed by atoms with Gasteiger partial charge in [-0.1, -0.05) is 34.7 Å². The number of furan rings is 1. The van der Waals surface area contributed by atoms with Crippen molar-refractivity contribution in [2.24, 2.45) is 19.1 Å². The molecule has 0 N–H and O–H groups in total. The third-order valence-corrected chi connectivity index (χ3v) is 4.22. The van der Waals surface area contributed by atoms with E-state index in [4.69, 9.17) is 4.42 Å². The number of halogens is 1. The molecule has 3 aromatic rings. The van der Waals surface area contributed by atoms with Crippen molar-refractivity contribution in [3.05, 3.63) is 39.7 Å². The molecule has 0 aliphatic rings. The molecule has 22 heavy (non-hydrogen) atoms. The van der Waals surface area contributed by atoms with Gasteiger partial charge in [0.15, 0.2) is 5.58 Å². The van der Waals surface area contributed by atoms with Crippen LogP contribution in [0.5, 0.6) is 0 Å². The summed E-state index contributed by atoms with van der Waals surface area (Å²) < 4.78 is 12.2. The molecule has 0 bridgehead atoms. The Morgan fingerprint density at radius 2 is 2.18 bits per heavy atom. The molecule has 2 aromatic heterocycles. The van der Waals surface area contributed by atoms with Crippen LogP contribution in [0, 0.1) is 6.92 Å². The Morgan fingerprint density at radius 1 is 1.41 bits per heavy atom. The summed E-state index contributed by atoms with van der Waals surface area (Å²) in [6, 6.07) is 4.21. The van der Waals surface area contributed by atoms with Crippen LogP contribution < -0.4 is 4.57 Å². The van der Waals surface area contributed by atoms with Gasteiger partial charge in [0.05, 0.1) is 14.1 Å². The predicted molar refractivity (Wildman–Crippen MR) is 98.8 cm³/mol. The number of nitrogens with zero attached hydrogens (tertiary/aromatic N) is 3. The van der Waals surface area contributed by atoms with E-state index in [9.17, 15) is 0 Å². The second-order valence-corrected chi connectivity index (χ2v) is 5.97. The van der Waals surface area contributed by atoms with E-state index < -0.39 is 0 Å². The third-order valence-electron chi connectivity index (χ3n) is 3.86. The van der Waals surface area contributed by atoms with Gasteiger partial charge in [0.2, 0.25) is 5.88 Å². The number of hydrogen-bond acceptors (Lipinski definition) is 2. The fraction of sp³-hybridized carbons (Fsp3) is 0.176. The first-order valence-corrected chi connectivity index (χ1v) is 8.14. The summed E-state index contributed by atoms with van der Waals surface area (Å²) >= 11 is 2.20. The number of fused-ring (bicyclic) bond motifs is 1. The van der Waals surface area contributed by atoms with Crippen molar-refractivity contribution in [1.82, 2.24) is 4.57 Å². The minimum Gasteiger partial charge on any atom is -0.437 e. The average molecular weight is 406 g/mol. The summed E-state index contributed by atoms with van der Waals surface area (Å²) in [5.41, 5.74) is 4.08. The molecule has 1 aromatic carbocycles. The van der Waals surface area contributed by atoms with Gasteiger partial charge in [-0.3, -0.25) is 0 Å². The van der Waals surface area contributed by atoms with Crippen molar-refractivity contribution >= 4 is 52.2 Å². The molecule has 112 valence electrons. The topological polar surface area (TPSA) is 34.3 Å². The Balaban J connectivity index is 2.45. The summed E-state index contributed by atoms with van der Waals surface area (Å²) in [5.74, 6) is 1.66. The van der Waals surface area contributed by atoms with Gasteiger partial charge in [0.25, 0.3) is 5.82 Å². The van der Waals surface area contributed by atoms with Crippen LogP contribution in [0.2, 0.25) is 0 Å². The Labute approximate surface area is 142 Å². The highest BCUT2D eigenvalue weighted by molar-refractivity contribution is 14.1. The Hall–Kier alpha value is -1.89. The molecule has 0 fully saturated rings. The van der Waals surface area contributed by atoms with Gasteiger partial charge < -0.3 is 4.42 Å². The highest BCUT2D eigenvalue weighted by Crippen LogP contribution is 2.39. The van der Waals surface area contributed by atoms with Gasteiger partial charge in [-0.05, 0) is 29.4 Å². The zero-order valence-electron chi connectivity index (χ0n) is 12.8. The van der Waals surface area contributed by atoms with Crippen molar-refractivity contribution in [3.63, 3.8) is 0 Å². The summed E-state index contributed by atoms with van der Waals surface area (Å²) in [4.78, 5) is 4.04. The molecular formula is C17H17IN3O+. The van der Waals surface area contributed by atoms with Crippen LogP contribution in [0.15, 0.2) is 38.0 Å². The van der Waals surface area contributed by atoms with Crippen LogP contribution >= 0.6 is 22.6 Å². The molecule has 4 nitrogen and oxygen atoms in total. The first-order valence-electron chi connectivity index (χ1n) is 6.89. The monoisotopic (exact) mass is 406 g/mol. The minimum absolute atomic E-state index is 0.562. The molecule has 0 atom stereocenters. The molecule has 3 rings (SSSR count). The van der Waals surface area contributed by atoms with Gasteiger partial charge in [-0.2, -0.15) is 0 Å². The first kappa shape index (κ1) is 15.0. The molecule has 5 heteroatoms. The van der Waals surface area contributed by atoms with Crippen molar-refractivity contribution < 1.29 is 8.98 Å². The summed E-state index contributed by atoms with van der Waals surface area (Å²) in [5, 5.41) is 1.05. The van der Waals surface area contributed by atoms with Crippen LogP contribution in [-0.4, -0.2) is 11.3 Å². The van der Waals surface area contributed by atoms with Crippen LogP contribution in [-0.2, 0) is 14.1 Å². The van der Waals surface area contributed by atoms with E-state index in [1.165, 1.54) is 5.56 Å². The van der Waals surface area contributed by atoms with Gasteiger partial charge >= 0.3 is 0 Å². The number of aliphatic imine (C=N–C) groups is 1. The first-order chi connectivity index (χ1) is 10.6. The van der Waals surface area contributed by atoms with Crippen LogP contribution in [0.25, 0.3) is 28.4 Å². The van der Waals surface area contributed by atoms with E-state index in [-0.39, 0.29) is 0 Å². The number of benzene rings is 1. The normalized spacial score (nSPS) is 11.6. The summed E-state index contributed by atoms with van der Waals surface area (Å²) in [6.45, 7) is 5.72. The fourth-order valence-electron chi connectivity index (χ4n) is 2.83. The number of aromatic nitrogens is 2. The predicted octanol–water partition coefficient (Wildman–Crippen LogP) is 4.31. The molecule has 0 saturated carbocycles. The van der Waals surface area contributed by atoms with Gasteiger partial charge in [-0.25, -0.2) is 14.1 Å². The lowest BCUT2D eigenvalue weighted by Gasteiger charge is -2.04. The quantitative estimate of drug-likeness (QED) is 0.363. The standard InChI is InChI=1S/C17H17IN3O/c1-11-5-6-12-13(7-8-18)16(19-2)22-15(12)14(11)17-20(3)9-10-21(17)4/h5-10H,2H2,1,3-4H3/q+1/b8-7-. The van der Waals surface area contributed by atoms with Gasteiger partial charge in [-0.15, -0.1) is 0 Å². The highest BCUT2D eigenvalue weighted by atomic mass is 127. The molecule has 2 heterocycles. The van der Waals surface area contributed by atoms with Crippen LogP contribution in [0.1, 0.15) is 11.1 Å². The molecule has 0 amide bonds. The minimum atomic E-state index is 0.562. The molecule has 0 spiro atoms. The fourth-order valence-corrected chi connectivity index (χ4v) is 3.19. The third kappa shape index (κ3) is 2.20. The van der Waals surface area contributed by atoms with Crippen LogP contribution in [0.4, 0.5) is 5.88 Å². The van der Waals surface area contributed by atoms with Crippen molar-refractivity contribution in [2.75, 3.05) is 0 Å². The molecule has 0 aliphatic heterocycles. The van der Waals surface area contributed by atoms with Gasteiger partial charge in [0, 0.05) is 10.9 Å². The van der Waals surface area contributed by atoms with E-state index in [0.717, 1.165) is 27.9 Å². The largest absolute Gasteiger partial charge is 0.437 e. The van der Waals surface area contributed by atoms with Crippen molar-refractivity contribution in [2.45, 2.75) is 6.92 Å². The maximum atomic E-state index is 6.04. The molecular weight excluding hydrogens is 389 g/mol. The maximum absolute atomic E-state index is 6.04. The smallest absolute Gasteiger partial charge is 0.292 e. The molecule has 0 saturated heterocycles. The number of aryl methyl sites for hydroxylation is 3. The summed E-state index contributed by atoms with van der Waals surface area (Å²) in [7, 11) is 4.07. The number of imidazole rings is 1. The molecule has 0 unspecified atom stereocenters. The lowest BCUT2D eigenvalue weighted by Crippen LogP contribution is -2.29. The lowest BCUT2D eigenvalue weighted by atomic mass is 10.0. The van der Waals surface area contributed by atoms with Gasteiger partial charge in [0.1, 0.15) is 18.0 Å². The van der Waals surface area contributed by atoms with E-state index >= 15 is 0 Å². The Bertz CT molecular complexity index is 883. The average Bonchev–Trinajstić information content (AvgIpc) is 3.01. The SMILES string of the molecule is C=Nc1oc2c(-c3n(C)cc[n+]3C)c(C)ccc2c1/C=C\I. The van der Waals surface area contributed by atoms with E-state index in [1.54, 1.807) is 0 Å². The number of rotatable bonds is 3. The Morgan fingerprint density at radius 3 is 2.77 bits per heavy atom. The lowest BCUT2D eigenvalue weighted by molar-refractivity contribution is -0.659. The second kappa shape index (κ2) is 5.72. The zero-order chi connectivity index (χ0) is 15.9. The molecule has 0 radical (unpaired) electrons. The highest BCUT2D eigenvalue weighted by Gasteiger charge is 2.24.